The van der Waals surface area contributed by atoms with Crippen molar-refractivity contribution < 1.29 is 9.90 Å². The van der Waals surface area contributed by atoms with Crippen LogP contribution >= 0.6 is 0 Å². The van der Waals surface area contributed by atoms with Crippen molar-refractivity contribution in [3.63, 3.8) is 0 Å². The molecule has 78 valence electrons. The van der Waals surface area contributed by atoms with Gasteiger partial charge in [0.15, 0.2) is 0 Å². The quantitative estimate of drug-likeness (QED) is 0.618. The third kappa shape index (κ3) is 4.30. The minimum atomic E-state index is -0.647. The fourth-order valence-electron chi connectivity index (χ4n) is 1.38. The van der Waals surface area contributed by atoms with E-state index in [-0.39, 0.29) is 0 Å². The molecule has 0 aromatic heterocycles. The van der Waals surface area contributed by atoms with Crippen molar-refractivity contribution in [3.05, 3.63) is 0 Å². The molecule has 0 fully saturated rings. The molecule has 0 rings (SSSR count). The number of carboxylic acid groups (broad SMARTS) is 1. The first-order valence-corrected chi connectivity index (χ1v) is 5.30. The minimum absolute atomic E-state index is 0.492. The minimum Gasteiger partial charge on any atom is -0.481 e. The number of unbranched alkanes of at least 4 members (excludes halogenated alkanes) is 3. The Kier molecular flexibility index (Phi) is 5.76. The van der Waals surface area contributed by atoms with Crippen molar-refractivity contribution in [1.29, 1.82) is 0 Å². The molecule has 0 aromatic carbocycles. The molecule has 0 aliphatic carbocycles. The van der Waals surface area contributed by atoms with Gasteiger partial charge < -0.3 is 5.11 Å². The summed E-state index contributed by atoms with van der Waals surface area (Å²) in [5, 5.41) is 8.99. The number of hydrogen-bond acceptors (Lipinski definition) is 1. The van der Waals surface area contributed by atoms with Crippen LogP contribution in [-0.2, 0) is 4.79 Å². The lowest BCUT2D eigenvalue weighted by Gasteiger charge is -2.22. The van der Waals surface area contributed by atoms with Crippen LogP contribution in [0, 0.1) is 5.41 Å². The van der Waals surface area contributed by atoms with Crippen LogP contribution in [0.25, 0.3) is 0 Å². The monoisotopic (exact) mass is 186 g/mol. The molecule has 2 heteroatoms. The first kappa shape index (κ1) is 12.5. The third-order valence-electron chi connectivity index (χ3n) is 2.88. The van der Waals surface area contributed by atoms with E-state index in [2.05, 4.69) is 6.92 Å². The van der Waals surface area contributed by atoms with Gasteiger partial charge in [0, 0.05) is 0 Å². The Morgan fingerprint density at radius 1 is 1.23 bits per heavy atom. The second-order valence-electron chi connectivity index (χ2n) is 4.03. The van der Waals surface area contributed by atoms with Crippen LogP contribution in [0.1, 0.15) is 59.3 Å². The standard InChI is InChI=1S/C11H22O2/c1-4-6-7-8-9-11(3,5-2)10(12)13/h4-9H2,1-3H3,(H,12,13)/t11-/m1/s1. The van der Waals surface area contributed by atoms with Crippen molar-refractivity contribution in [2.24, 2.45) is 5.41 Å². The summed E-state index contributed by atoms with van der Waals surface area (Å²) in [7, 11) is 0. The molecule has 0 radical (unpaired) electrons. The van der Waals surface area contributed by atoms with E-state index >= 15 is 0 Å². The summed E-state index contributed by atoms with van der Waals surface area (Å²) in [6.07, 6.45) is 6.19. The van der Waals surface area contributed by atoms with Gasteiger partial charge in [-0.3, -0.25) is 4.79 Å². The Balaban J connectivity index is 3.78. The highest BCUT2D eigenvalue weighted by Crippen LogP contribution is 2.28. The molecular weight excluding hydrogens is 164 g/mol. The summed E-state index contributed by atoms with van der Waals surface area (Å²) in [6.45, 7) is 5.96. The predicted octanol–water partition coefficient (Wildman–Crippen LogP) is 3.46. The average Bonchev–Trinajstić information content (AvgIpc) is 2.12. The first-order valence-electron chi connectivity index (χ1n) is 5.30. The van der Waals surface area contributed by atoms with Crippen LogP contribution in [0.3, 0.4) is 0 Å². The van der Waals surface area contributed by atoms with Crippen molar-refractivity contribution in [2.75, 3.05) is 0 Å². The number of hydrogen-bond donors (Lipinski definition) is 1. The molecule has 1 N–H and O–H groups in total. The molecule has 0 saturated carbocycles. The summed E-state index contributed by atoms with van der Waals surface area (Å²) in [4.78, 5) is 10.9. The average molecular weight is 186 g/mol. The van der Waals surface area contributed by atoms with E-state index in [9.17, 15) is 4.79 Å². The normalized spacial score (nSPS) is 15.3. The summed E-state index contributed by atoms with van der Waals surface area (Å²) < 4.78 is 0. The van der Waals surface area contributed by atoms with Gasteiger partial charge in [-0.25, -0.2) is 0 Å². The van der Waals surface area contributed by atoms with E-state index in [4.69, 9.17) is 5.11 Å². The van der Waals surface area contributed by atoms with Gasteiger partial charge in [-0.05, 0) is 19.8 Å². The summed E-state index contributed by atoms with van der Waals surface area (Å²) >= 11 is 0. The summed E-state index contributed by atoms with van der Waals surface area (Å²) in [5.74, 6) is -0.647. The van der Waals surface area contributed by atoms with Crippen molar-refractivity contribution in [2.45, 2.75) is 59.3 Å². The predicted molar refractivity (Wildman–Crippen MR) is 54.8 cm³/mol. The summed E-state index contributed by atoms with van der Waals surface area (Å²) in [5.41, 5.74) is -0.492. The lowest BCUT2D eigenvalue weighted by molar-refractivity contribution is -0.148. The Labute approximate surface area is 81.3 Å². The lowest BCUT2D eigenvalue weighted by Crippen LogP contribution is -2.26. The molecule has 0 spiro atoms. The maximum atomic E-state index is 10.9. The van der Waals surface area contributed by atoms with Crippen molar-refractivity contribution >= 4 is 5.97 Å². The van der Waals surface area contributed by atoms with E-state index < -0.39 is 11.4 Å². The van der Waals surface area contributed by atoms with E-state index in [1.165, 1.54) is 19.3 Å². The van der Waals surface area contributed by atoms with Crippen LogP contribution in [0.4, 0.5) is 0 Å². The fraction of sp³-hybridized carbons (Fsp3) is 0.909. The molecule has 0 aliphatic rings. The maximum absolute atomic E-state index is 10.9. The molecule has 13 heavy (non-hydrogen) atoms. The lowest BCUT2D eigenvalue weighted by atomic mass is 9.82. The van der Waals surface area contributed by atoms with Gasteiger partial charge in [0.25, 0.3) is 0 Å². The molecule has 1 atom stereocenters. The molecule has 0 amide bonds. The zero-order valence-corrected chi connectivity index (χ0v) is 9.10. The fourth-order valence-corrected chi connectivity index (χ4v) is 1.38. The first-order chi connectivity index (χ1) is 6.06. The highest BCUT2D eigenvalue weighted by Gasteiger charge is 2.29. The van der Waals surface area contributed by atoms with Gasteiger partial charge in [-0.1, -0.05) is 39.5 Å². The maximum Gasteiger partial charge on any atom is 0.309 e. The van der Waals surface area contributed by atoms with Crippen LogP contribution in [0.2, 0.25) is 0 Å². The van der Waals surface area contributed by atoms with Gasteiger partial charge >= 0.3 is 5.97 Å². The topological polar surface area (TPSA) is 37.3 Å². The number of carboxylic acids is 1. The number of aliphatic carboxylic acids is 1. The highest BCUT2D eigenvalue weighted by atomic mass is 16.4. The second kappa shape index (κ2) is 6.01. The van der Waals surface area contributed by atoms with Crippen LogP contribution in [0.5, 0.6) is 0 Å². The number of carbonyl (C=O) groups is 1. The molecule has 0 unspecified atom stereocenters. The van der Waals surface area contributed by atoms with Crippen molar-refractivity contribution in [3.8, 4) is 0 Å². The third-order valence-corrected chi connectivity index (χ3v) is 2.88. The number of rotatable bonds is 7. The zero-order chi connectivity index (χ0) is 10.3. The van der Waals surface area contributed by atoms with Gasteiger partial charge in [-0.15, -0.1) is 0 Å². The van der Waals surface area contributed by atoms with E-state index in [0.29, 0.717) is 0 Å². The van der Waals surface area contributed by atoms with Gasteiger partial charge in [0.2, 0.25) is 0 Å². The van der Waals surface area contributed by atoms with E-state index in [1.54, 1.807) is 0 Å². The van der Waals surface area contributed by atoms with Gasteiger partial charge in [0.1, 0.15) is 0 Å². The molecule has 0 bridgehead atoms. The van der Waals surface area contributed by atoms with E-state index in [1.807, 2.05) is 13.8 Å². The molecule has 0 saturated heterocycles. The zero-order valence-electron chi connectivity index (χ0n) is 9.10. The highest BCUT2D eigenvalue weighted by molar-refractivity contribution is 5.73. The van der Waals surface area contributed by atoms with E-state index in [0.717, 1.165) is 19.3 Å². The van der Waals surface area contributed by atoms with Gasteiger partial charge in [-0.2, -0.15) is 0 Å². The summed E-state index contributed by atoms with van der Waals surface area (Å²) in [6, 6.07) is 0. The molecule has 2 nitrogen and oxygen atoms in total. The molecule has 0 heterocycles. The van der Waals surface area contributed by atoms with Crippen molar-refractivity contribution in [1.82, 2.24) is 0 Å². The SMILES string of the molecule is CCCCCC[C@@](C)(CC)C(=O)O. The second-order valence-corrected chi connectivity index (χ2v) is 4.03. The molecule has 0 aromatic rings. The van der Waals surface area contributed by atoms with Crippen LogP contribution in [-0.4, -0.2) is 11.1 Å². The Bertz CT molecular complexity index is 154. The van der Waals surface area contributed by atoms with Crippen LogP contribution < -0.4 is 0 Å². The Morgan fingerprint density at radius 2 is 1.85 bits per heavy atom. The molecule has 0 aliphatic heterocycles. The Morgan fingerprint density at radius 3 is 2.23 bits per heavy atom. The smallest absolute Gasteiger partial charge is 0.309 e. The molecular formula is C11H22O2. The van der Waals surface area contributed by atoms with Crippen LogP contribution in [0.15, 0.2) is 0 Å². The Hall–Kier alpha value is -0.530. The van der Waals surface area contributed by atoms with Gasteiger partial charge in [0.05, 0.1) is 5.41 Å². The largest absolute Gasteiger partial charge is 0.481 e.